The van der Waals surface area contributed by atoms with E-state index in [2.05, 4.69) is 24.0 Å². The van der Waals surface area contributed by atoms with E-state index in [4.69, 9.17) is 19.4 Å². The molecule has 7 nitrogen and oxygen atoms in total. The minimum absolute atomic E-state index is 0.163. The molecule has 1 aromatic heterocycles. The number of morpholine rings is 1. The zero-order chi connectivity index (χ0) is 21.4. The Morgan fingerprint density at radius 1 is 1.16 bits per heavy atom. The van der Waals surface area contributed by atoms with Gasteiger partial charge in [-0.05, 0) is 31.4 Å². The normalized spacial score (nSPS) is 20.2. The van der Waals surface area contributed by atoms with Crippen LogP contribution in [0.1, 0.15) is 30.7 Å². The summed E-state index contributed by atoms with van der Waals surface area (Å²) in [7, 11) is 0. The molecule has 0 aliphatic carbocycles. The summed E-state index contributed by atoms with van der Waals surface area (Å²) >= 11 is 0. The van der Waals surface area contributed by atoms with Gasteiger partial charge < -0.3 is 19.3 Å². The average molecular weight is 422 g/mol. The molecule has 7 heteroatoms. The molecule has 4 heterocycles. The van der Waals surface area contributed by atoms with E-state index in [0.29, 0.717) is 45.3 Å². The van der Waals surface area contributed by atoms with Crippen LogP contribution >= 0.6 is 0 Å². The van der Waals surface area contributed by atoms with E-state index >= 15 is 0 Å². The standard InChI is InChI=1S/C24H29N4O3/c1-3-17-4-6-18(7-5-17)21-25-20-14-28(23(29)24(2)15-31-16-24)9-8-19(20)22(26-21)27-10-12-30-13-11-27/h4-6H,3,8-16H2,1-2H3. The largest absolute Gasteiger partial charge is 0.379 e. The third kappa shape index (κ3) is 3.81. The number of amides is 1. The maximum atomic E-state index is 13.1. The number of anilines is 1. The number of nitrogens with zero attached hydrogens (tertiary/aromatic N) is 4. The second-order valence-corrected chi connectivity index (χ2v) is 8.89. The van der Waals surface area contributed by atoms with Crippen LogP contribution in [0.25, 0.3) is 11.4 Å². The number of ether oxygens (including phenoxy) is 2. The van der Waals surface area contributed by atoms with Crippen molar-refractivity contribution in [1.29, 1.82) is 0 Å². The lowest BCUT2D eigenvalue weighted by Crippen LogP contribution is -2.54. The molecule has 163 valence electrons. The number of aromatic nitrogens is 2. The Labute approximate surface area is 183 Å². The van der Waals surface area contributed by atoms with Gasteiger partial charge in [-0.3, -0.25) is 4.79 Å². The maximum absolute atomic E-state index is 13.1. The Balaban J connectivity index is 1.51. The molecule has 0 spiro atoms. The van der Waals surface area contributed by atoms with Gasteiger partial charge in [0.25, 0.3) is 0 Å². The van der Waals surface area contributed by atoms with Crippen LogP contribution in [0.15, 0.2) is 18.2 Å². The smallest absolute Gasteiger partial charge is 0.233 e. The quantitative estimate of drug-likeness (QED) is 0.755. The number of hydrogen-bond donors (Lipinski definition) is 0. The Hall–Kier alpha value is -2.51. The second kappa shape index (κ2) is 8.20. The van der Waals surface area contributed by atoms with Gasteiger partial charge in [0.15, 0.2) is 5.82 Å². The first kappa shape index (κ1) is 20.4. The number of carbonyl (C=O) groups is 1. The Kier molecular flexibility index (Phi) is 5.40. The molecule has 0 unspecified atom stereocenters. The number of aryl methyl sites for hydroxylation is 1. The molecule has 0 N–H and O–H groups in total. The zero-order valence-corrected chi connectivity index (χ0v) is 18.3. The van der Waals surface area contributed by atoms with Crippen LogP contribution in [0.3, 0.4) is 0 Å². The summed E-state index contributed by atoms with van der Waals surface area (Å²) in [5.74, 6) is 1.83. The number of carbonyl (C=O) groups excluding carboxylic acids is 1. The van der Waals surface area contributed by atoms with E-state index in [9.17, 15) is 4.79 Å². The fourth-order valence-corrected chi connectivity index (χ4v) is 4.47. The summed E-state index contributed by atoms with van der Waals surface area (Å²) in [5.41, 5.74) is 3.84. The van der Waals surface area contributed by atoms with Crippen LogP contribution in [-0.2, 0) is 33.7 Å². The van der Waals surface area contributed by atoms with Crippen molar-refractivity contribution >= 4 is 11.7 Å². The van der Waals surface area contributed by atoms with E-state index in [0.717, 1.165) is 48.6 Å². The Morgan fingerprint density at radius 2 is 1.97 bits per heavy atom. The SMILES string of the molecule is CCc1c[c]c(-c2nc3c(c(N4CCOCC4)n2)CCN(C(=O)C2(C)COC2)C3)cc1. The zero-order valence-electron chi connectivity index (χ0n) is 18.3. The predicted molar refractivity (Wildman–Crippen MR) is 117 cm³/mol. The van der Waals surface area contributed by atoms with Gasteiger partial charge >= 0.3 is 0 Å². The molecule has 1 radical (unpaired) electrons. The molecule has 2 fully saturated rings. The minimum atomic E-state index is -0.399. The number of rotatable bonds is 4. The molecule has 1 amide bonds. The third-order valence-corrected chi connectivity index (χ3v) is 6.52. The monoisotopic (exact) mass is 421 g/mol. The highest BCUT2D eigenvalue weighted by molar-refractivity contribution is 5.83. The lowest BCUT2D eigenvalue weighted by Gasteiger charge is -2.42. The highest BCUT2D eigenvalue weighted by Gasteiger charge is 2.44. The topological polar surface area (TPSA) is 67.8 Å². The molecular weight excluding hydrogens is 392 g/mol. The Morgan fingerprint density at radius 3 is 2.61 bits per heavy atom. The van der Waals surface area contributed by atoms with Crippen LogP contribution < -0.4 is 4.90 Å². The first-order valence-electron chi connectivity index (χ1n) is 11.2. The van der Waals surface area contributed by atoms with E-state index in [-0.39, 0.29) is 5.91 Å². The summed E-state index contributed by atoms with van der Waals surface area (Å²) < 4.78 is 10.9. The minimum Gasteiger partial charge on any atom is -0.379 e. The molecule has 5 rings (SSSR count). The van der Waals surface area contributed by atoms with Gasteiger partial charge in [0.1, 0.15) is 5.82 Å². The van der Waals surface area contributed by atoms with E-state index in [1.54, 1.807) is 0 Å². The first-order valence-corrected chi connectivity index (χ1v) is 11.2. The van der Waals surface area contributed by atoms with Gasteiger partial charge in [-0.1, -0.05) is 25.1 Å². The molecule has 31 heavy (non-hydrogen) atoms. The molecule has 3 aliphatic rings. The fraction of sp³-hybridized carbons (Fsp3) is 0.542. The molecule has 1 aromatic carbocycles. The number of benzene rings is 1. The van der Waals surface area contributed by atoms with Crippen LogP contribution in [0.5, 0.6) is 0 Å². The van der Waals surface area contributed by atoms with Crippen molar-refractivity contribution in [2.75, 3.05) is 51.0 Å². The molecule has 2 saturated heterocycles. The van der Waals surface area contributed by atoms with E-state index < -0.39 is 5.41 Å². The molecule has 3 aliphatic heterocycles. The average Bonchev–Trinajstić information content (AvgIpc) is 2.81. The molecule has 0 bridgehead atoms. The van der Waals surface area contributed by atoms with Crippen molar-refractivity contribution < 1.29 is 14.3 Å². The summed E-state index contributed by atoms with van der Waals surface area (Å²) in [4.78, 5) is 27.2. The highest BCUT2D eigenvalue weighted by Crippen LogP contribution is 2.34. The van der Waals surface area contributed by atoms with Crippen molar-refractivity contribution in [3.63, 3.8) is 0 Å². The lowest BCUT2D eigenvalue weighted by molar-refractivity contribution is -0.169. The summed E-state index contributed by atoms with van der Waals surface area (Å²) in [6.07, 6.45) is 1.74. The number of hydrogen-bond acceptors (Lipinski definition) is 6. The molecule has 2 aromatic rings. The lowest BCUT2D eigenvalue weighted by atomic mass is 9.86. The van der Waals surface area contributed by atoms with Gasteiger partial charge in [0, 0.05) is 30.8 Å². The van der Waals surface area contributed by atoms with E-state index in [1.807, 2.05) is 24.0 Å². The maximum Gasteiger partial charge on any atom is 0.233 e. The van der Waals surface area contributed by atoms with Crippen LogP contribution in [0.4, 0.5) is 5.82 Å². The van der Waals surface area contributed by atoms with Crippen molar-refractivity contribution in [2.45, 2.75) is 33.2 Å². The molecular formula is C24H29N4O3. The van der Waals surface area contributed by atoms with Gasteiger partial charge in [-0.25, -0.2) is 9.97 Å². The van der Waals surface area contributed by atoms with Crippen molar-refractivity contribution in [3.05, 3.63) is 41.1 Å². The second-order valence-electron chi connectivity index (χ2n) is 8.89. The van der Waals surface area contributed by atoms with Gasteiger partial charge in [0.05, 0.1) is 44.1 Å². The fourth-order valence-electron chi connectivity index (χ4n) is 4.47. The summed E-state index contributed by atoms with van der Waals surface area (Å²) in [6.45, 7) is 9.38. The molecule has 0 atom stereocenters. The highest BCUT2D eigenvalue weighted by atomic mass is 16.5. The van der Waals surface area contributed by atoms with Crippen molar-refractivity contribution in [3.8, 4) is 11.4 Å². The summed E-state index contributed by atoms with van der Waals surface area (Å²) in [5, 5.41) is 0. The van der Waals surface area contributed by atoms with Crippen molar-refractivity contribution in [1.82, 2.24) is 14.9 Å². The van der Waals surface area contributed by atoms with Crippen LogP contribution in [0, 0.1) is 11.5 Å². The Bertz CT molecular complexity index is 966. The number of fused-ring (bicyclic) bond motifs is 1. The van der Waals surface area contributed by atoms with Gasteiger partial charge in [-0.15, -0.1) is 0 Å². The molecule has 0 saturated carbocycles. The third-order valence-electron chi connectivity index (χ3n) is 6.52. The van der Waals surface area contributed by atoms with Gasteiger partial charge in [-0.2, -0.15) is 0 Å². The first-order chi connectivity index (χ1) is 15.1. The van der Waals surface area contributed by atoms with Crippen LogP contribution in [-0.4, -0.2) is 66.8 Å². The van der Waals surface area contributed by atoms with Gasteiger partial charge in [0.2, 0.25) is 5.91 Å². The van der Waals surface area contributed by atoms with Crippen molar-refractivity contribution in [2.24, 2.45) is 5.41 Å². The van der Waals surface area contributed by atoms with E-state index in [1.165, 1.54) is 5.56 Å². The van der Waals surface area contributed by atoms with Crippen LogP contribution in [0.2, 0.25) is 0 Å². The summed E-state index contributed by atoms with van der Waals surface area (Å²) in [6, 6.07) is 9.52. The predicted octanol–water partition coefficient (Wildman–Crippen LogP) is 2.26.